The van der Waals surface area contributed by atoms with Crippen molar-refractivity contribution in [1.29, 1.82) is 0 Å². The third kappa shape index (κ3) is 9.98. The lowest BCUT2D eigenvalue weighted by atomic mass is 10.0. The van der Waals surface area contributed by atoms with Crippen LogP contribution in [0.4, 0.5) is 9.59 Å². The molecule has 0 aromatic heterocycles. The summed E-state index contributed by atoms with van der Waals surface area (Å²) in [6.07, 6.45) is -1.97. The van der Waals surface area contributed by atoms with Gasteiger partial charge in [-0.25, -0.2) is 29.0 Å². The molecule has 0 unspecified atom stereocenters. The minimum absolute atomic E-state index is 0.121. The summed E-state index contributed by atoms with van der Waals surface area (Å²) in [6, 6.07) is 32.0. The highest BCUT2D eigenvalue weighted by Crippen LogP contribution is 2.21. The summed E-state index contributed by atoms with van der Waals surface area (Å²) in [6.45, 7) is -0.242. The van der Waals surface area contributed by atoms with Gasteiger partial charge in [-0.05, 0) is 59.4 Å². The molecule has 0 saturated heterocycles. The first-order valence-electron chi connectivity index (χ1n) is 13.2. The minimum Gasteiger partial charge on any atom is -0.432 e. The van der Waals surface area contributed by atoms with Gasteiger partial charge in [0, 0.05) is 0 Å². The molecule has 0 fully saturated rings. The Bertz CT molecular complexity index is 1420. The summed E-state index contributed by atoms with van der Waals surface area (Å²) < 4.78 is 9.50. The topological polar surface area (TPSA) is 142 Å². The molecule has 4 aromatic rings. The van der Waals surface area contributed by atoms with Gasteiger partial charge in [0.2, 0.25) is 0 Å². The van der Waals surface area contributed by atoms with E-state index >= 15 is 0 Å². The smallest absolute Gasteiger partial charge is 0.432 e. The van der Waals surface area contributed by atoms with E-state index in [-0.39, 0.29) is 37.2 Å². The average molecular weight is 603 g/mol. The number of rotatable bonds is 13. The van der Waals surface area contributed by atoms with Crippen LogP contribution in [0.25, 0.3) is 22.3 Å². The highest BCUT2D eigenvalue weighted by Gasteiger charge is 2.15. The molecule has 0 aliphatic heterocycles. The van der Waals surface area contributed by atoms with Crippen molar-refractivity contribution in [3.8, 4) is 22.3 Å². The normalized spacial score (nSPS) is 10.3. The number of unbranched alkanes of at least 4 members (excludes halogenated alkanes) is 1. The van der Waals surface area contributed by atoms with Gasteiger partial charge in [0.25, 0.3) is 0 Å². The highest BCUT2D eigenvalue weighted by molar-refractivity contribution is 5.91. The van der Waals surface area contributed by atoms with Crippen molar-refractivity contribution in [2.45, 2.75) is 12.8 Å². The zero-order valence-electron chi connectivity index (χ0n) is 23.1. The first-order chi connectivity index (χ1) is 21.5. The zero-order valence-corrected chi connectivity index (χ0v) is 23.1. The molecular formula is C32H26O12. The molecule has 0 aliphatic carbocycles. The lowest BCUT2D eigenvalue weighted by Crippen LogP contribution is -2.14. The number of hydrogen-bond donors (Lipinski definition) is 0. The summed E-state index contributed by atoms with van der Waals surface area (Å²) in [5, 5.41) is 8.43. The monoisotopic (exact) mass is 602 g/mol. The van der Waals surface area contributed by atoms with E-state index in [0.717, 1.165) is 22.3 Å². The van der Waals surface area contributed by atoms with Gasteiger partial charge in [-0.3, -0.25) is 9.78 Å². The van der Waals surface area contributed by atoms with Crippen LogP contribution < -0.4 is 0 Å². The van der Waals surface area contributed by atoms with Crippen molar-refractivity contribution >= 4 is 24.2 Å². The molecule has 0 atom stereocenters. The fourth-order valence-corrected chi connectivity index (χ4v) is 3.72. The second-order valence-electron chi connectivity index (χ2n) is 8.84. The molecule has 0 amide bonds. The second-order valence-corrected chi connectivity index (χ2v) is 8.84. The molecule has 4 aromatic carbocycles. The first kappa shape index (κ1) is 31.2. The molecule has 0 N–H and O–H groups in total. The molecule has 226 valence electrons. The van der Waals surface area contributed by atoms with Gasteiger partial charge < -0.3 is 9.47 Å². The van der Waals surface area contributed by atoms with Crippen LogP contribution >= 0.6 is 0 Å². The standard InChI is InChI=1S/C32H26O12/c33-29(27-17-9-15-25(21-27)23-11-3-1-4-12-23)39-43-41-31(35)37-19-7-8-20-38-32(36)42-44-40-30(34)28-18-10-16-26(22-28)24-13-5-2-6-14-24/h1-6,9-18,21-22H,7-8,19-20H2. The van der Waals surface area contributed by atoms with Gasteiger partial charge >= 0.3 is 24.2 Å². The molecule has 0 radical (unpaired) electrons. The van der Waals surface area contributed by atoms with Crippen molar-refractivity contribution in [2.75, 3.05) is 13.2 Å². The number of hydrogen-bond acceptors (Lipinski definition) is 12. The third-order valence-electron chi connectivity index (χ3n) is 5.81. The molecule has 0 spiro atoms. The van der Waals surface area contributed by atoms with Crippen LogP contribution in [0.3, 0.4) is 0 Å². The summed E-state index contributed by atoms with van der Waals surface area (Å²) in [5.74, 6) is -1.76. The molecule has 0 saturated carbocycles. The van der Waals surface area contributed by atoms with Crippen LogP contribution in [-0.4, -0.2) is 37.5 Å². The van der Waals surface area contributed by atoms with Gasteiger partial charge in [-0.1, -0.05) is 84.9 Å². The molecule has 0 heterocycles. The molecular weight excluding hydrogens is 576 g/mol. The predicted molar refractivity (Wildman–Crippen MR) is 151 cm³/mol. The Morgan fingerprint density at radius 3 is 1.23 bits per heavy atom. The fourth-order valence-electron chi connectivity index (χ4n) is 3.72. The van der Waals surface area contributed by atoms with E-state index in [1.165, 1.54) is 12.1 Å². The molecule has 4 rings (SSSR count). The van der Waals surface area contributed by atoms with Gasteiger partial charge in [0.05, 0.1) is 34.4 Å². The zero-order chi connectivity index (χ0) is 31.0. The van der Waals surface area contributed by atoms with Crippen molar-refractivity contribution in [3.63, 3.8) is 0 Å². The first-order valence-corrected chi connectivity index (χ1v) is 13.2. The van der Waals surface area contributed by atoms with Crippen molar-refractivity contribution in [1.82, 2.24) is 0 Å². The van der Waals surface area contributed by atoms with Crippen LogP contribution in [0.5, 0.6) is 0 Å². The van der Waals surface area contributed by atoms with Crippen molar-refractivity contribution in [3.05, 3.63) is 120 Å². The summed E-state index contributed by atoms with van der Waals surface area (Å²) in [5.41, 5.74) is 3.74. The molecule has 0 bridgehead atoms. The number of ether oxygens (including phenoxy) is 2. The van der Waals surface area contributed by atoms with E-state index in [1.54, 1.807) is 24.3 Å². The maximum atomic E-state index is 12.2. The second kappa shape index (κ2) is 16.7. The van der Waals surface area contributed by atoms with Gasteiger partial charge in [0.1, 0.15) is 0 Å². The van der Waals surface area contributed by atoms with Gasteiger partial charge in [-0.2, -0.15) is 0 Å². The predicted octanol–water partition coefficient (Wildman–Crippen LogP) is 6.81. The molecule has 0 aliphatic rings. The van der Waals surface area contributed by atoms with Crippen molar-refractivity contribution < 1.29 is 58.3 Å². The van der Waals surface area contributed by atoms with Crippen LogP contribution in [0, 0.1) is 0 Å². The number of carbonyl (C=O) groups excluding carboxylic acids is 4. The van der Waals surface area contributed by atoms with E-state index in [1.807, 2.05) is 72.8 Å². The lowest BCUT2D eigenvalue weighted by molar-refractivity contribution is -0.452. The Morgan fingerprint density at radius 2 is 0.818 bits per heavy atom. The Morgan fingerprint density at radius 1 is 0.432 bits per heavy atom. The maximum Gasteiger partial charge on any atom is 0.543 e. The van der Waals surface area contributed by atoms with Crippen molar-refractivity contribution in [2.24, 2.45) is 0 Å². The summed E-state index contributed by atoms with van der Waals surface area (Å²) in [7, 11) is 0. The van der Waals surface area contributed by atoms with Crippen LogP contribution in [-0.2, 0) is 39.1 Å². The maximum absolute atomic E-state index is 12.2. The molecule has 12 nitrogen and oxygen atoms in total. The van der Waals surface area contributed by atoms with E-state index in [4.69, 9.17) is 9.47 Å². The van der Waals surface area contributed by atoms with E-state index in [0.29, 0.717) is 0 Å². The van der Waals surface area contributed by atoms with E-state index in [2.05, 4.69) is 29.6 Å². The Balaban J connectivity index is 1.03. The fraction of sp³-hybridized carbons (Fsp3) is 0.125. The SMILES string of the molecule is O=C(OCCCCOC(=O)OOOC(=O)c1cccc(-c2ccccc2)c1)OOOC(=O)c1cccc(-c2ccccc2)c1. The number of carbonyl (C=O) groups is 4. The molecule has 12 heteroatoms. The highest BCUT2D eigenvalue weighted by atomic mass is 17.5. The van der Waals surface area contributed by atoms with Crippen LogP contribution in [0.1, 0.15) is 33.6 Å². The van der Waals surface area contributed by atoms with Crippen LogP contribution in [0.2, 0.25) is 0 Å². The minimum atomic E-state index is -1.25. The molecule has 44 heavy (non-hydrogen) atoms. The summed E-state index contributed by atoms with van der Waals surface area (Å²) >= 11 is 0. The Kier molecular flexibility index (Phi) is 11.8. The van der Waals surface area contributed by atoms with Gasteiger partial charge in [0.15, 0.2) is 0 Å². The Hall–Kier alpha value is -5.72. The number of benzene rings is 4. The van der Waals surface area contributed by atoms with Gasteiger partial charge in [-0.15, -0.1) is 0 Å². The van der Waals surface area contributed by atoms with Crippen LogP contribution in [0.15, 0.2) is 109 Å². The average Bonchev–Trinajstić information content (AvgIpc) is 3.07. The summed E-state index contributed by atoms with van der Waals surface area (Å²) in [4.78, 5) is 64.9. The lowest BCUT2D eigenvalue weighted by Gasteiger charge is -2.06. The largest absolute Gasteiger partial charge is 0.543 e. The third-order valence-corrected chi connectivity index (χ3v) is 5.81. The van der Waals surface area contributed by atoms with E-state index in [9.17, 15) is 19.2 Å². The Labute approximate surface area is 251 Å². The quantitative estimate of drug-likeness (QED) is 0.0686. The van der Waals surface area contributed by atoms with E-state index < -0.39 is 24.2 Å².